The van der Waals surface area contributed by atoms with Crippen molar-refractivity contribution in [2.45, 2.75) is 12.8 Å². The highest BCUT2D eigenvalue weighted by molar-refractivity contribution is 6.01. The Kier molecular flexibility index (Phi) is 5.46. The van der Waals surface area contributed by atoms with Crippen LogP contribution in [-0.4, -0.2) is 22.9 Å². The zero-order valence-corrected chi connectivity index (χ0v) is 12.3. The van der Waals surface area contributed by atoms with Gasteiger partial charge in [0, 0.05) is 23.4 Å². The van der Waals surface area contributed by atoms with Gasteiger partial charge in [-0.05, 0) is 36.4 Å². The van der Waals surface area contributed by atoms with Gasteiger partial charge < -0.3 is 15.7 Å². The van der Waals surface area contributed by atoms with E-state index in [0.717, 1.165) is 0 Å². The second-order valence-electron chi connectivity index (χ2n) is 4.84. The zero-order valence-electron chi connectivity index (χ0n) is 12.3. The number of ketones is 1. The molecule has 0 unspecified atom stereocenters. The van der Waals surface area contributed by atoms with E-state index < -0.39 is 5.97 Å². The fourth-order valence-electron chi connectivity index (χ4n) is 1.92. The lowest BCUT2D eigenvalue weighted by atomic mass is 10.1. The first-order valence-corrected chi connectivity index (χ1v) is 7.03. The number of rotatable bonds is 6. The second kappa shape index (κ2) is 7.74. The Labute approximate surface area is 133 Å². The minimum absolute atomic E-state index is 0.0450. The summed E-state index contributed by atoms with van der Waals surface area (Å²) in [4.78, 5) is 34.0. The molecule has 0 atom stereocenters. The molecule has 0 heterocycles. The van der Waals surface area contributed by atoms with Crippen LogP contribution in [0.5, 0.6) is 0 Å². The summed E-state index contributed by atoms with van der Waals surface area (Å²) in [5, 5.41) is 13.9. The molecule has 0 aliphatic carbocycles. The second-order valence-corrected chi connectivity index (χ2v) is 4.84. The first-order chi connectivity index (χ1) is 11.0. The summed E-state index contributed by atoms with van der Waals surface area (Å²) < 4.78 is 0. The summed E-state index contributed by atoms with van der Waals surface area (Å²) >= 11 is 0. The van der Waals surface area contributed by atoms with Crippen molar-refractivity contribution in [3.05, 3.63) is 60.2 Å². The van der Waals surface area contributed by atoms with Gasteiger partial charge in [0.1, 0.15) is 0 Å². The Morgan fingerprint density at radius 2 is 1.35 bits per heavy atom. The first kappa shape index (κ1) is 16.2. The van der Waals surface area contributed by atoms with Crippen molar-refractivity contribution in [2.75, 3.05) is 10.6 Å². The van der Waals surface area contributed by atoms with Gasteiger partial charge in [-0.25, -0.2) is 4.79 Å². The number of para-hydroxylation sites is 1. The molecule has 23 heavy (non-hydrogen) atoms. The van der Waals surface area contributed by atoms with Gasteiger partial charge in [0.2, 0.25) is 0 Å². The normalized spacial score (nSPS) is 9.91. The Hall–Kier alpha value is -3.15. The highest BCUT2D eigenvalue weighted by Crippen LogP contribution is 2.13. The fourth-order valence-corrected chi connectivity index (χ4v) is 1.92. The van der Waals surface area contributed by atoms with Crippen molar-refractivity contribution >= 4 is 29.2 Å². The van der Waals surface area contributed by atoms with Gasteiger partial charge in [-0.1, -0.05) is 18.2 Å². The maximum absolute atomic E-state index is 11.8. The van der Waals surface area contributed by atoms with Crippen LogP contribution in [0.15, 0.2) is 54.6 Å². The molecule has 6 heteroatoms. The number of anilines is 2. The highest BCUT2D eigenvalue weighted by atomic mass is 16.4. The zero-order chi connectivity index (χ0) is 16.7. The number of Topliss-reactive ketones (excluding diaryl/α,β-unsaturated/α-hetero) is 1. The molecule has 0 aliphatic heterocycles. The minimum atomic E-state index is -1.01. The van der Waals surface area contributed by atoms with E-state index in [4.69, 9.17) is 5.11 Å². The van der Waals surface area contributed by atoms with Gasteiger partial charge in [0.05, 0.1) is 6.42 Å². The highest BCUT2D eigenvalue weighted by Gasteiger charge is 2.09. The van der Waals surface area contributed by atoms with Crippen LogP contribution in [0.4, 0.5) is 16.2 Å². The maximum Gasteiger partial charge on any atom is 0.323 e. The van der Waals surface area contributed by atoms with Gasteiger partial charge in [-0.2, -0.15) is 0 Å². The Bertz CT molecular complexity index is 696. The predicted octanol–water partition coefficient (Wildman–Crippen LogP) is 3.38. The lowest BCUT2D eigenvalue weighted by molar-refractivity contribution is -0.136. The van der Waals surface area contributed by atoms with Crippen LogP contribution in [0.25, 0.3) is 0 Å². The van der Waals surface area contributed by atoms with Crippen LogP contribution >= 0.6 is 0 Å². The number of amides is 2. The average Bonchev–Trinajstić information content (AvgIpc) is 2.54. The van der Waals surface area contributed by atoms with Crippen LogP contribution in [-0.2, 0) is 4.79 Å². The molecule has 0 aromatic heterocycles. The summed E-state index contributed by atoms with van der Waals surface area (Å²) in [7, 11) is 0. The monoisotopic (exact) mass is 312 g/mol. The minimum Gasteiger partial charge on any atom is -0.481 e. The van der Waals surface area contributed by atoms with Crippen LogP contribution < -0.4 is 10.6 Å². The summed E-state index contributed by atoms with van der Waals surface area (Å²) in [5.74, 6) is -1.25. The van der Waals surface area contributed by atoms with Crippen LogP contribution in [0.3, 0.4) is 0 Å². The van der Waals surface area contributed by atoms with Gasteiger partial charge >= 0.3 is 12.0 Å². The molecule has 6 nitrogen and oxygen atoms in total. The van der Waals surface area contributed by atoms with Gasteiger partial charge in [-0.15, -0.1) is 0 Å². The van der Waals surface area contributed by atoms with Crippen molar-refractivity contribution in [1.29, 1.82) is 0 Å². The summed E-state index contributed by atoms with van der Waals surface area (Å²) in [6.45, 7) is 0. The number of aliphatic carboxylic acids is 1. The number of hydrogen-bond acceptors (Lipinski definition) is 3. The molecule has 0 fully saturated rings. The summed E-state index contributed by atoms with van der Waals surface area (Å²) in [5.41, 5.74) is 1.62. The van der Waals surface area contributed by atoms with Crippen molar-refractivity contribution < 1.29 is 19.5 Å². The molecule has 3 N–H and O–H groups in total. The van der Waals surface area contributed by atoms with Crippen molar-refractivity contribution in [2.24, 2.45) is 0 Å². The van der Waals surface area contributed by atoms with E-state index in [-0.39, 0.29) is 24.7 Å². The molecular formula is C17H16N2O4. The van der Waals surface area contributed by atoms with Gasteiger partial charge in [-0.3, -0.25) is 9.59 Å². The van der Waals surface area contributed by atoms with Gasteiger partial charge in [0.25, 0.3) is 0 Å². The van der Waals surface area contributed by atoms with Crippen molar-refractivity contribution in [3.8, 4) is 0 Å². The van der Waals surface area contributed by atoms with Crippen LogP contribution in [0.1, 0.15) is 23.2 Å². The lowest BCUT2D eigenvalue weighted by Crippen LogP contribution is -2.19. The smallest absolute Gasteiger partial charge is 0.323 e. The van der Waals surface area contributed by atoms with E-state index in [9.17, 15) is 14.4 Å². The van der Waals surface area contributed by atoms with E-state index >= 15 is 0 Å². The number of carbonyl (C=O) groups excluding carboxylic acids is 2. The topological polar surface area (TPSA) is 95.5 Å². The third-order valence-corrected chi connectivity index (χ3v) is 3.06. The third-order valence-electron chi connectivity index (χ3n) is 3.06. The first-order valence-electron chi connectivity index (χ1n) is 7.03. The Morgan fingerprint density at radius 3 is 1.91 bits per heavy atom. The number of benzene rings is 2. The number of carbonyl (C=O) groups is 3. The average molecular weight is 312 g/mol. The number of nitrogens with one attached hydrogen (secondary N) is 2. The summed E-state index contributed by atoms with van der Waals surface area (Å²) in [6.07, 6.45) is -0.241. The molecule has 0 saturated carbocycles. The van der Waals surface area contributed by atoms with Crippen molar-refractivity contribution in [1.82, 2.24) is 0 Å². The predicted molar refractivity (Wildman–Crippen MR) is 86.7 cm³/mol. The number of hydrogen-bond donors (Lipinski definition) is 3. The largest absolute Gasteiger partial charge is 0.481 e. The quantitative estimate of drug-likeness (QED) is 0.712. The molecule has 2 aromatic carbocycles. The third kappa shape index (κ3) is 5.28. The van der Waals surface area contributed by atoms with Gasteiger partial charge in [0.15, 0.2) is 5.78 Å². The van der Waals surface area contributed by atoms with Crippen LogP contribution in [0, 0.1) is 0 Å². The molecule has 118 valence electrons. The molecular weight excluding hydrogens is 296 g/mol. The molecule has 0 radical (unpaired) electrons. The van der Waals surface area contributed by atoms with E-state index in [0.29, 0.717) is 16.9 Å². The van der Waals surface area contributed by atoms with E-state index in [2.05, 4.69) is 10.6 Å². The van der Waals surface area contributed by atoms with Crippen LogP contribution in [0.2, 0.25) is 0 Å². The maximum atomic E-state index is 11.8. The number of carboxylic acid groups (broad SMARTS) is 1. The number of urea groups is 1. The fraction of sp³-hybridized carbons (Fsp3) is 0.118. The standard InChI is InChI=1S/C17H16N2O4/c20-15(10-11-16(21)22)12-6-8-14(9-7-12)19-17(23)18-13-4-2-1-3-5-13/h1-9H,10-11H2,(H,21,22)(H2,18,19,23). The van der Waals surface area contributed by atoms with E-state index in [1.165, 1.54) is 0 Å². The molecule has 0 aliphatic rings. The molecule has 0 spiro atoms. The van der Waals surface area contributed by atoms with E-state index in [1.54, 1.807) is 36.4 Å². The number of carboxylic acids is 1. The molecule has 2 aromatic rings. The Balaban J connectivity index is 1.90. The molecule has 2 amide bonds. The van der Waals surface area contributed by atoms with E-state index in [1.807, 2.05) is 18.2 Å². The molecule has 0 saturated heterocycles. The SMILES string of the molecule is O=C(O)CCC(=O)c1ccc(NC(=O)Nc2ccccc2)cc1. The molecule has 0 bridgehead atoms. The molecule has 2 rings (SSSR count). The summed E-state index contributed by atoms with van der Waals surface area (Å²) in [6, 6.07) is 14.9. The van der Waals surface area contributed by atoms with Crippen molar-refractivity contribution in [3.63, 3.8) is 0 Å². The lowest BCUT2D eigenvalue weighted by Gasteiger charge is -2.08. The Morgan fingerprint density at radius 1 is 0.783 bits per heavy atom.